The molecule has 1 aromatic rings. The molecule has 0 heterocycles. The molecular formula is C13H15NO2. The van der Waals surface area contributed by atoms with E-state index < -0.39 is 0 Å². The highest BCUT2D eigenvalue weighted by Gasteiger charge is 1.95. The Balaban J connectivity index is 2.67. The number of rotatable bonds is 4. The largest absolute Gasteiger partial charge is 0.392 e. The Bertz CT molecular complexity index is 402. The standard InChI is InChI=1S/C13H15NO2/c15-10-4-3-9-14-13-8-2-1-6-12(13)7-5-11-16/h1-4,6,8,14-16H,9-11H2/b4-3+. The van der Waals surface area contributed by atoms with Crippen LogP contribution in [0.2, 0.25) is 0 Å². The molecule has 0 amide bonds. The molecule has 0 aliphatic carbocycles. The van der Waals surface area contributed by atoms with Crippen LogP contribution in [0.1, 0.15) is 5.56 Å². The summed E-state index contributed by atoms with van der Waals surface area (Å²) in [7, 11) is 0. The summed E-state index contributed by atoms with van der Waals surface area (Å²) in [5.74, 6) is 5.48. The van der Waals surface area contributed by atoms with Crippen molar-refractivity contribution < 1.29 is 10.2 Å². The molecule has 0 aromatic heterocycles. The molecule has 84 valence electrons. The lowest BCUT2D eigenvalue weighted by Crippen LogP contribution is -2.00. The first-order chi connectivity index (χ1) is 7.88. The fraction of sp³-hybridized carbons (Fsp3) is 0.231. The first-order valence-electron chi connectivity index (χ1n) is 5.07. The zero-order chi connectivity index (χ0) is 11.6. The second kappa shape index (κ2) is 7.52. The van der Waals surface area contributed by atoms with Gasteiger partial charge in [0.25, 0.3) is 0 Å². The minimum Gasteiger partial charge on any atom is -0.392 e. The average molecular weight is 217 g/mol. The monoisotopic (exact) mass is 217 g/mol. The molecule has 0 bridgehead atoms. The van der Waals surface area contributed by atoms with Crippen molar-refractivity contribution in [2.75, 3.05) is 25.1 Å². The maximum atomic E-state index is 8.63. The summed E-state index contributed by atoms with van der Waals surface area (Å²) >= 11 is 0. The molecular weight excluding hydrogens is 202 g/mol. The van der Waals surface area contributed by atoms with Gasteiger partial charge < -0.3 is 15.5 Å². The lowest BCUT2D eigenvalue weighted by molar-refractivity contribution is 0.342. The molecule has 3 nitrogen and oxygen atoms in total. The second-order valence-electron chi connectivity index (χ2n) is 3.04. The highest BCUT2D eigenvalue weighted by Crippen LogP contribution is 2.12. The number of hydrogen-bond donors (Lipinski definition) is 3. The Hall–Kier alpha value is -1.76. The van der Waals surface area contributed by atoms with E-state index in [0.29, 0.717) is 6.54 Å². The Morgan fingerprint density at radius 2 is 2.00 bits per heavy atom. The van der Waals surface area contributed by atoms with Gasteiger partial charge in [0, 0.05) is 12.1 Å². The van der Waals surface area contributed by atoms with Gasteiger partial charge in [-0.05, 0) is 12.1 Å². The summed E-state index contributed by atoms with van der Waals surface area (Å²) in [6.45, 7) is 0.546. The van der Waals surface area contributed by atoms with Crippen molar-refractivity contribution in [2.45, 2.75) is 0 Å². The van der Waals surface area contributed by atoms with Gasteiger partial charge in [-0.2, -0.15) is 0 Å². The summed E-state index contributed by atoms with van der Waals surface area (Å²) in [5.41, 5.74) is 1.78. The van der Waals surface area contributed by atoms with Gasteiger partial charge in [-0.1, -0.05) is 36.1 Å². The third kappa shape index (κ3) is 4.18. The first kappa shape index (κ1) is 12.3. The maximum Gasteiger partial charge on any atom is 0.104 e. The molecule has 1 aromatic carbocycles. The molecule has 0 saturated carbocycles. The van der Waals surface area contributed by atoms with Gasteiger partial charge in [0.15, 0.2) is 0 Å². The molecule has 0 unspecified atom stereocenters. The van der Waals surface area contributed by atoms with E-state index in [1.54, 1.807) is 6.08 Å². The smallest absolute Gasteiger partial charge is 0.104 e. The number of nitrogens with one attached hydrogen (secondary N) is 1. The van der Waals surface area contributed by atoms with Crippen molar-refractivity contribution in [3.05, 3.63) is 42.0 Å². The molecule has 0 fully saturated rings. The Morgan fingerprint density at radius 3 is 2.75 bits per heavy atom. The number of anilines is 1. The first-order valence-corrected chi connectivity index (χ1v) is 5.07. The molecule has 16 heavy (non-hydrogen) atoms. The summed E-state index contributed by atoms with van der Waals surface area (Å²) in [5, 5.41) is 20.4. The zero-order valence-corrected chi connectivity index (χ0v) is 8.98. The Kier molecular flexibility index (Phi) is 5.79. The van der Waals surface area contributed by atoms with E-state index in [4.69, 9.17) is 10.2 Å². The van der Waals surface area contributed by atoms with Gasteiger partial charge in [0.2, 0.25) is 0 Å². The molecule has 1 rings (SSSR count). The summed E-state index contributed by atoms with van der Waals surface area (Å²) in [6.07, 6.45) is 3.52. The van der Waals surface area contributed by atoms with Crippen LogP contribution < -0.4 is 5.32 Å². The molecule has 3 N–H and O–H groups in total. The fourth-order valence-electron chi connectivity index (χ4n) is 1.21. The van der Waals surface area contributed by atoms with Crippen LogP contribution in [0.4, 0.5) is 5.69 Å². The second-order valence-corrected chi connectivity index (χ2v) is 3.04. The fourth-order valence-corrected chi connectivity index (χ4v) is 1.21. The highest BCUT2D eigenvalue weighted by molar-refractivity contribution is 5.59. The molecule has 0 aliphatic rings. The Morgan fingerprint density at radius 1 is 1.19 bits per heavy atom. The van der Waals surface area contributed by atoms with Crippen molar-refractivity contribution in [3.63, 3.8) is 0 Å². The van der Waals surface area contributed by atoms with Crippen molar-refractivity contribution in [2.24, 2.45) is 0 Å². The van der Waals surface area contributed by atoms with Gasteiger partial charge in [-0.3, -0.25) is 0 Å². The van der Waals surface area contributed by atoms with Gasteiger partial charge in [0.1, 0.15) is 6.61 Å². The van der Waals surface area contributed by atoms with Crippen molar-refractivity contribution >= 4 is 5.69 Å². The van der Waals surface area contributed by atoms with Crippen LogP contribution in [-0.4, -0.2) is 30.0 Å². The number of para-hydroxylation sites is 1. The predicted molar refractivity (Wildman–Crippen MR) is 65.1 cm³/mol. The Labute approximate surface area is 95.4 Å². The number of hydrogen-bond acceptors (Lipinski definition) is 3. The topological polar surface area (TPSA) is 52.5 Å². The van der Waals surface area contributed by atoms with Gasteiger partial charge in [-0.25, -0.2) is 0 Å². The third-order valence-electron chi connectivity index (χ3n) is 1.91. The average Bonchev–Trinajstić information content (AvgIpc) is 2.33. The van der Waals surface area contributed by atoms with Crippen molar-refractivity contribution in [3.8, 4) is 11.8 Å². The highest BCUT2D eigenvalue weighted by atomic mass is 16.3. The van der Waals surface area contributed by atoms with Gasteiger partial charge in [0.05, 0.1) is 12.3 Å². The van der Waals surface area contributed by atoms with Crippen molar-refractivity contribution in [1.29, 1.82) is 0 Å². The molecule has 3 heteroatoms. The normalized spacial score (nSPS) is 9.88. The van der Waals surface area contributed by atoms with E-state index in [1.807, 2.05) is 30.3 Å². The molecule has 0 spiro atoms. The zero-order valence-electron chi connectivity index (χ0n) is 8.98. The molecule has 0 aliphatic heterocycles. The van der Waals surface area contributed by atoms with E-state index in [0.717, 1.165) is 11.3 Å². The number of aliphatic hydroxyl groups is 2. The summed E-state index contributed by atoms with van der Waals surface area (Å²) in [4.78, 5) is 0. The van der Waals surface area contributed by atoms with Crippen LogP contribution in [-0.2, 0) is 0 Å². The van der Waals surface area contributed by atoms with Crippen LogP contribution in [0.3, 0.4) is 0 Å². The molecule has 0 saturated heterocycles. The van der Waals surface area contributed by atoms with E-state index in [2.05, 4.69) is 17.2 Å². The van der Waals surface area contributed by atoms with Crippen molar-refractivity contribution in [1.82, 2.24) is 0 Å². The third-order valence-corrected chi connectivity index (χ3v) is 1.91. The van der Waals surface area contributed by atoms with Crippen LogP contribution >= 0.6 is 0 Å². The predicted octanol–water partition coefficient (Wildman–Crippen LogP) is 0.991. The quantitative estimate of drug-likeness (QED) is 0.521. The summed E-state index contributed by atoms with van der Waals surface area (Å²) in [6, 6.07) is 7.63. The minimum absolute atomic E-state index is 0.0493. The van der Waals surface area contributed by atoms with Gasteiger partial charge >= 0.3 is 0 Å². The van der Waals surface area contributed by atoms with Crippen LogP contribution in [0, 0.1) is 11.8 Å². The molecule has 0 radical (unpaired) electrons. The SMILES string of the molecule is OCC#Cc1ccccc1NC/C=C/CO. The van der Waals surface area contributed by atoms with Crippen LogP contribution in [0.5, 0.6) is 0 Å². The van der Waals surface area contributed by atoms with E-state index in [9.17, 15) is 0 Å². The maximum absolute atomic E-state index is 8.63. The lowest BCUT2D eigenvalue weighted by Gasteiger charge is -2.05. The summed E-state index contributed by atoms with van der Waals surface area (Å²) < 4.78 is 0. The van der Waals surface area contributed by atoms with Crippen LogP contribution in [0.25, 0.3) is 0 Å². The van der Waals surface area contributed by atoms with E-state index in [1.165, 1.54) is 0 Å². The van der Waals surface area contributed by atoms with E-state index >= 15 is 0 Å². The number of benzene rings is 1. The number of aliphatic hydroxyl groups excluding tert-OH is 2. The van der Waals surface area contributed by atoms with E-state index in [-0.39, 0.29) is 13.2 Å². The van der Waals surface area contributed by atoms with Gasteiger partial charge in [-0.15, -0.1) is 0 Å². The lowest BCUT2D eigenvalue weighted by atomic mass is 10.2. The van der Waals surface area contributed by atoms with Crippen LogP contribution in [0.15, 0.2) is 36.4 Å². The minimum atomic E-state index is -0.140. The molecule has 0 atom stereocenters.